The van der Waals surface area contributed by atoms with E-state index in [-0.39, 0.29) is 37.4 Å². The standard InChI is InChI=1S/C34H43N3O5S/c1-42-31-21-12-16-28(24-31)26-36(33(38)22-13-23-37(43(2,40)41)30-19-10-5-11-20-30)32(25-27-14-6-3-7-15-27)34(39)35-29-17-8-4-9-18-29/h3,5-7,10-12,14-16,19-21,24,29,32H,4,8-9,13,17-18,22-23,25-26H2,1-2H3,(H,35,39)/t32-/m0/s1. The van der Waals surface area contributed by atoms with E-state index in [0.29, 0.717) is 24.3 Å². The van der Waals surface area contributed by atoms with Crippen LogP contribution in [0.5, 0.6) is 5.75 Å². The molecule has 1 aliphatic rings. The summed E-state index contributed by atoms with van der Waals surface area (Å²) in [7, 11) is -1.95. The van der Waals surface area contributed by atoms with Crippen LogP contribution >= 0.6 is 0 Å². The predicted molar refractivity (Wildman–Crippen MR) is 170 cm³/mol. The maximum absolute atomic E-state index is 14.0. The minimum absolute atomic E-state index is 0.0881. The Balaban J connectivity index is 1.60. The molecule has 0 aromatic heterocycles. The molecule has 230 valence electrons. The van der Waals surface area contributed by atoms with Crippen molar-refractivity contribution in [3.8, 4) is 5.75 Å². The second-order valence-corrected chi connectivity index (χ2v) is 13.1. The number of nitrogens with zero attached hydrogens (tertiary/aromatic N) is 2. The van der Waals surface area contributed by atoms with Gasteiger partial charge in [0.15, 0.2) is 0 Å². The highest BCUT2D eigenvalue weighted by atomic mass is 32.2. The lowest BCUT2D eigenvalue weighted by Gasteiger charge is -2.34. The molecule has 4 rings (SSSR count). The fraction of sp³-hybridized carbons (Fsp3) is 0.412. The Morgan fingerprint density at radius 1 is 0.907 bits per heavy atom. The number of amides is 2. The molecule has 1 N–H and O–H groups in total. The van der Waals surface area contributed by atoms with Gasteiger partial charge in [0.1, 0.15) is 11.8 Å². The van der Waals surface area contributed by atoms with Gasteiger partial charge in [-0.3, -0.25) is 13.9 Å². The van der Waals surface area contributed by atoms with Crippen LogP contribution < -0.4 is 14.4 Å². The number of hydrogen-bond acceptors (Lipinski definition) is 5. The van der Waals surface area contributed by atoms with Crippen molar-refractivity contribution in [3.05, 3.63) is 96.1 Å². The normalized spacial score (nSPS) is 14.5. The molecule has 1 fully saturated rings. The zero-order valence-electron chi connectivity index (χ0n) is 25.2. The predicted octanol–water partition coefficient (Wildman–Crippen LogP) is 5.33. The van der Waals surface area contributed by atoms with Crippen LogP contribution in [0.3, 0.4) is 0 Å². The van der Waals surface area contributed by atoms with Gasteiger partial charge in [0.05, 0.1) is 19.1 Å². The van der Waals surface area contributed by atoms with Crippen molar-refractivity contribution in [1.82, 2.24) is 10.2 Å². The molecular formula is C34H43N3O5S. The first-order valence-electron chi connectivity index (χ1n) is 15.0. The monoisotopic (exact) mass is 605 g/mol. The van der Waals surface area contributed by atoms with Crippen LogP contribution in [0.2, 0.25) is 0 Å². The smallest absolute Gasteiger partial charge is 0.243 e. The number of methoxy groups -OCH3 is 1. The summed E-state index contributed by atoms with van der Waals surface area (Å²) in [6.07, 6.45) is 7.15. The van der Waals surface area contributed by atoms with E-state index in [2.05, 4.69) is 5.32 Å². The number of anilines is 1. The Hall–Kier alpha value is -3.85. The molecule has 3 aromatic carbocycles. The third-order valence-electron chi connectivity index (χ3n) is 7.91. The Bertz CT molecular complexity index is 1430. The lowest BCUT2D eigenvalue weighted by Crippen LogP contribution is -2.52. The van der Waals surface area contributed by atoms with Gasteiger partial charge in [0.2, 0.25) is 21.8 Å². The summed E-state index contributed by atoms with van der Waals surface area (Å²) in [5, 5.41) is 3.25. The Morgan fingerprint density at radius 3 is 2.21 bits per heavy atom. The Labute approximate surface area is 256 Å². The number of ether oxygens (including phenoxy) is 1. The molecule has 1 saturated carbocycles. The molecule has 2 amide bonds. The number of sulfonamides is 1. The SMILES string of the molecule is COc1cccc(CN(C(=O)CCCN(c2ccccc2)S(C)(=O)=O)[C@@H](Cc2ccccc2)C(=O)NC2CCCCC2)c1. The summed E-state index contributed by atoms with van der Waals surface area (Å²) in [5.41, 5.74) is 2.36. The van der Waals surface area contributed by atoms with Crippen LogP contribution in [0.15, 0.2) is 84.9 Å². The van der Waals surface area contributed by atoms with Crippen LogP contribution in [0.25, 0.3) is 0 Å². The molecule has 1 atom stereocenters. The van der Waals surface area contributed by atoms with Crippen molar-refractivity contribution >= 4 is 27.5 Å². The third kappa shape index (κ3) is 9.58. The molecular weight excluding hydrogens is 562 g/mol. The summed E-state index contributed by atoms with van der Waals surface area (Å²) >= 11 is 0. The maximum atomic E-state index is 14.0. The van der Waals surface area contributed by atoms with E-state index in [1.54, 1.807) is 36.3 Å². The van der Waals surface area contributed by atoms with Crippen LogP contribution in [0.1, 0.15) is 56.1 Å². The molecule has 1 aliphatic carbocycles. The number of carbonyl (C=O) groups is 2. The first-order valence-corrected chi connectivity index (χ1v) is 16.9. The molecule has 0 aliphatic heterocycles. The van der Waals surface area contributed by atoms with Crippen LogP contribution in [0, 0.1) is 0 Å². The van der Waals surface area contributed by atoms with Gasteiger partial charge in [-0.2, -0.15) is 0 Å². The van der Waals surface area contributed by atoms with Crippen molar-refractivity contribution in [2.24, 2.45) is 0 Å². The number of rotatable bonds is 14. The van der Waals surface area contributed by atoms with Crippen molar-refractivity contribution in [2.75, 3.05) is 24.2 Å². The molecule has 0 radical (unpaired) electrons. The van der Waals surface area contributed by atoms with E-state index < -0.39 is 16.1 Å². The van der Waals surface area contributed by atoms with Crippen LogP contribution in [-0.2, 0) is 32.6 Å². The highest BCUT2D eigenvalue weighted by molar-refractivity contribution is 7.92. The van der Waals surface area contributed by atoms with E-state index in [1.165, 1.54) is 17.0 Å². The molecule has 0 unspecified atom stereocenters. The Kier molecular flexibility index (Phi) is 11.6. The third-order valence-corrected chi connectivity index (χ3v) is 9.10. The highest BCUT2D eigenvalue weighted by Gasteiger charge is 2.32. The second-order valence-electron chi connectivity index (χ2n) is 11.2. The highest BCUT2D eigenvalue weighted by Crippen LogP contribution is 2.23. The minimum atomic E-state index is -3.55. The van der Waals surface area contributed by atoms with Crippen molar-refractivity contribution in [1.29, 1.82) is 0 Å². The Morgan fingerprint density at radius 2 is 1.56 bits per heavy atom. The summed E-state index contributed by atoms with van der Waals surface area (Å²) in [5.74, 6) is 0.306. The molecule has 0 spiro atoms. The van der Waals surface area contributed by atoms with Crippen molar-refractivity contribution in [3.63, 3.8) is 0 Å². The molecule has 0 saturated heterocycles. The molecule has 8 nitrogen and oxygen atoms in total. The number of benzene rings is 3. The summed E-state index contributed by atoms with van der Waals surface area (Å²) < 4.78 is 31.9. The number of carbonyl (C=O) groups excluding carboxylic acids is 2. The number of hydrogen-bond donors (Lipinski definition) is 1. The molecule has 0 heterocycles. The van der Waals surface area contributed by atoms with Gasteiger partial charge < -0.3 is 15.0 Å². The van der Waals surface area contributed by atoms with Crippen LogP contribution in [-0.4, -0.2) is 57.1 Å². The molecule has 43 heavy (non-hydrogen) atoms. The van der Waals surface area contributed by atoms with Gasteiger partial charge >= 0.3 is 0 Å². The maximum Gasteiger partial charge on any atom is 0.243 e. The van der Waals surface area contributed by atoms with E-state index in [9.17, 15) is 18.0 Å². The van der Waals surface area contributed by atoms with E-state index in [1.807, 2.05) is 60.7 Å². The van der Waals surface area contributed by atoms with Gasteiger partial charge in [-0.05, 0) is 54.7 Å². The molecule has 9 heteroatoms. The van der Waals surface area contributed by atoms with E-state index in [4.69, 9.17) is 4.74 Å². The quantitative estimate of drug-likeness (QED) is 0.268. The second kappa shape index (κ2) is 15.6. The van der Waals surface area contributed by atoms with Gasteiger partial charge in [-0.15, -0.1) is 0 Å². The fourth-order valence-corrected chi connectivity index (χ4v) is 6.63. The topological polar surface area (TPSA) is 96.0 Å². The number of para-hydroxylation sites is 1. The largest absolute Gasteiger partial charge is 0.497 e. The van der Waals surface area contributed by atoms with Crippen molar-refractivity contribution < 1.29 is 22.7 Å². The summed E-state index contributed by atoms with van der Waals surface area (Å²) in [6, 6.07) is 25.5. The number of nitrogens with one attached hydrogen (secondary N) is 1. The lowest BCUT2D eigenvalue weighted by atomic mass is 9.94. The lowest BCUT2D eigenvalue weighted by molar-refractivity contribution is -0.141. The van der Waals surface area contributed by atoms with E-state index in [0.717, 1.165) is 36.8 Å². The molecule has 0 bridgehead atoms. The molecule has 3 aromatic rings. The minimum Gasteiger partial charge on any atom is -0.497 e. The average molecular weight is 606 g/mol. The van der Waals surface area contributed by atoms with E-state index >= 15 is 0 Å². The first-order chi connectivity index (χ1) is 20.7. The van der Waals surface area contributed by atoms with Gasteiger partial charge in [-0.1, -0.05) is 79.9 Å². The first kappa shape index (κ1) is 32.1. The van der Waals surface area contributed by atoms with Gasteiger partial charge in [0, 0.05) is 32.0 Å². The van der Waals surface area contributed by atoms with Crippen LogP contribution in [0.4, 0.5) is 5.69 Å². The summed E-state index contributed by atoms with van der Waals surface area (Å²) in [4.78, 5) is 29.7. The average Bonchev–Trinajstić information content (AvgIpc) is 3.01. The fourth-order valence-electron chi connectivity index (χ4n) is 5.66. The zero-order valence-corrected chi connectivity index (χ0v) is 26.0. The zero-order chi connectivity index (χ0) is 30.7. The van der Waals surface area contributed by atoms with Crippen molar-refractivity contribution in [2.45, 2.75) is 70.0 Å². The van der Waals surface area contributed by atoms with Gasteiger partial charge in [0.25, 0.3) is 0 Å². The van der Waals surface area contributed by atoms with Gasteiger partial charge in [-0.25, -0.2) is 8.42 Å². The summed E-state index contributed by atoms with van der Waals surface area (Å²) in [6.45, 7) is 0.374.